The van der Waals surface area contributed by atoms with Crippen LogP contribution in [0.5, 0.6) is 0 Å². The summed E-state index contributed by atoms with van der Waals surface area (Å²) in [4.78, 5) is 11.5. The van der Waals surface area contributed by atoms with Crippen molar-refractivity contribution in [2.45, 2.75) is 4.90 Å². The van der Waals surface area contributed by atoms with Crippen molar-refractivity contribution in [3.8, 4) is 11.3 Å². The van der Waals surface area contributed by atoms with E-state index in [-0.39, 0.29) is 17.0 Å². The van der Waals surface area contributed by atoms with Crippen LogP contribution in [0.3, 0.4) is 0 Å². The topological polar surface area (TPSA) is 66.0 Å². The summed E-state index contributed by atoms with van der Waals surface area (Å²) in [5, 5.41) is 14.8. The fourth-order valence-corrected chi connectivity index (χ4v) is 1.83. The Hall–Kier alpha value is -1.82. The zero-order valence-corrected chi connectivity index (χ0v) is 9.71. The Kier molecular flexibility index (Phi) is 3.14. The lowest BCUT2D eigenvalue weighted by Gasteiger charge is -2.01. The number of hydrogen-bond acceptors (Lipinski definition) is 3. The van der Waals surface area contributed by atoms with Crippen LogP contribution in [-0.4, -0.2) is 27.5 Å². The molecule has 0 aliphatic heterocycles. The number of H-pyrrole nitrogens is 1. The predicted octanol–water partition coefficient (Wildman–Crippen LogP) is 2.64. The molecule has 0 amide bonds. The normalized spacial score (nSPS) is 10.5. The van der Waals surface area contributed by atoms with Gasteiger partial charge >= 0.3 is 5.97 Å². The van der Waals surface area contributed by atoms with Gasteiger partial charge in [-0.1, -0.05) is 0 Å². The molecule has 0 aliphatic carbocycles. The minimum atomic E-state index is -1.12. The largest absolute Gasteiger partial charge is 0.477 e. The van der Waals surface area contributed by atoms with Gasteiger partial charge in [0.1, 0.15) is 11.5 Å². The number of rotatable bonds is 3. The molecule has 0 fully saturated rings. The zero-order valence-electron chi connectivity index (χ0n) is 8.90. The molecule has 0 spiro atoms. The third kappa shape index (κ3) is 2.31. The molecule has 0 radical (unpaired) electrons. The second-order valence-electron chi connectivity index (χ2n) is 3.32. The molecule has 88 valence electrons. The van der Waals surface area contributed by atoms with E-state index in [0.717, 1.165) is 4.90 Å². The number of carboxylic acid groups (broad SMARTS) is 1. The van der Waals surface area contributed by atoms with E-state index < -0.39 is 11.8 Å². The van der Waals surface area contributed by atoms with Crippen LogP contribution in [0.2, 0.25) is 0 Å². The number of hydrogen-bond donors (Lipinski definition) is 2. The van der Waals surface area contributed by atoms with Crippen LogP contribution in [0.25, 0.3) is 11.3 Å². The van der Waals surface area contributed by atoms with Crippen LogP contribution in [0, 0.1) is 5.82 Å². The third-order valence-electron chi connectivity index (χ3n) is 2.26. The predicted molar refractivity (Wildman–Crippen MR) is 62.7 cm³/mol. The van der Waals surface area contributed by atoms with E-state index in [1.807, 2.05) is 6.26 Å². The number of aromatic nitrogens is 2. The molecule has 0 saturated carbocycles. The van der Waals surface area contributed by atoms with Crippen LogP contribution in [0.4, 0.5) is 4.39 Å². The molecular weight excluding hydrogens is 243 g/mol. The summed E-state index contributed by atoms with van der Waals surface area (Å²) in [6.07, 6.45) is 1.85. The van der Waals surface area contributed by atoms with Crippen LogP contribution in [0.15, 0.2) is 29.2 Å². The molecule has 1 aromatic carbocycles. The quantitative estimate of drug-likeness (QED) is 0.824. The first-order valence-corrected chi connectivity index (χ1v) is 5.97. The number of halogens is 1. The van der Waals surface area contributed by atoms with Gasteiger partial charge in [-0.3, -0.25) is 5.10 Å². The maximum absolute atomic E-state index is 13.7. The van der Waals surface area contributed by atoms with Gasteiger partial charge in [0.15, 0.2) is 0 Å². The fraction of sp³-hybridized carbons (Fsp3) is 0.0909. The summed E-state index contributed by atoms with van der Waals surface area (Å²) in [5.74, 6) is -1.54. The summed E-state index contributed by atoms with van der Waals surface area (Å²) < 4.78 is 13.7. The first kappa shape index (κ1) is 11.7. The van der Waals surface area contributed by atoms with Crippen molar-refractivity contribution >= 4 is 17.7 Å². The van der Waals surface area contributed by atoms with Gasteiger partial charge in [0.25, 0.3) is 0 Å². The molecule has 0 aliphatic rings. The number of nitrogens with zero attached hydrogens (tertiary/aromatic N) is 1. The number of nitrogens with one attached hydrogen (secondary N) is 1. The van der Waals surface area contributed by atoms with Crippen molar-refractivity contribution in [1.82, 2.24) is 10.2 Å². The van der Waals surface area contributed by atoms with Crippen molar-refractivity contribution in [1.29, 1.82) is 0 Å². The third-order valence-corrected chi connectivity index (χ3v) is 2.99. The van der Waals surface area contributed by atoms with Crippen molar-refractivity contribution in [2.75, 3.05) is 6.26 Å². The second-order valence-corrected chi connectivity index (χ2v) is 4.20. The standard InChI is InChI=1S/C11H9FN2O2S/c1-17-6-2-3-7(8(12)4-6)9-5-10(11(15)16)14-13-9/h2-5H,1H3,(H,13,14)(H,15,16). The smallest absolute Gasteiger partial charge is 0.353 e. The lowest BCUT2D eigenvalue weighted by Crippen LogP contribution is -1.95. The average Bonchev–Trinajstić information content (AvgIpc) is 2.78. The lowest BCUT2D eigenvalue weighted by molar-refractivity contribution is 0.0690. The monoisotopic (exact) mass is 252 g/mol. The Morgan fingerprint density at radius 1 is 1.47 bits per heavy atom. The fourth-order valence-electron chi connectivity index (χ4n) is 1.40. The summed E-state index contributed by atoms with van der Waals surface area (Å²) in [6, 6.07) is 6.05. The highest BCUT2D eigenvalue weighted by molar-refractivity contribution is 7.98. The summed E-state index contributed by atoms with van der Waals surface area (Å²) >= 11 is 1.43. The molecule has 0 unspecified atom stereocenters. The highest BCUT2D eigenvalue weighted by Gasteiger charge is 2.12. The lowest BCUT2D eigenvalue weighted by atomic mass is 10.1. The molecule has 6 heteroatoms. The Morgan fingerprint density at radius 2 is 2.24 bits per heavy atom. The highest BCUT2D eigenvalue weighted by Crippen LogP contribution is 2.25. The maximum Gasteiger partial charge on any atom is 0.353 e. The molecule has 4 nitrogen and oxygen atoms in total. The number of aromatic amines is 1. The van der Waals surface area contributed by atoms with Crippen molar-refractivity contribution in [3.05, 3.63) is 35.8 Å². The molecule has 0 atom stereocenters. The molecular formula is C11H9FN2O2S. The van der Waals surface area contributed by atoms with Gasteiger partial charge in [0.05, 0.1) is 5.69 Å². The second kappa shape index (κ2) is 4.58. The molecule has 0 bridgehead atoms. The van der Waals surface area contributed by atoms with E-state index in [0.29, 0.717) is 0 Å². The van der Waals surface area contributed by atoms with Gasteiger partial charge in [-0.2, -0.15) is 5.10 Å². The van der Waals surface area contributed by atoms with Gasteiger partial charge in [-0.15, -0.1) is 11.8 Å². The number of benzene rings is 1. The number of thioether (sulfide) groups is 1. The van der Waals surface area contributed by atoms with Gasteiger partial charge in [-0.25, -0.2) is 9.18 Å². The van der Waals surface area contributed by atoms with Crippen LogP contribution in [-0.2, 0) is 0 Å². The molecule has 2 N–H and O–H groups in total. The van der Waals surface area contributed by atoms with Crippen LogP contribution in [0.1, 0.15) is 10.5 Å². The van der Waals surface area contributed by atoms with Gasteiger partial charge in [0.2, 0.25) is 0 Å². The first-order valence-electron chi connectivity index (χ1n) is 4.74. The zero-order chi connectivity index (χ0) is 12.4. The minimum Gasteiger partial charge on any atom is -0.477 e. The van der Waals surface area contributed by atoms with Gasteiger partial charge < -0.3 is 5.11 Å². The molecule has 2 rings (SSSR count). The van der Waals surface area contributed by atoms with E-state index in [9.17, 15) is 9.18 Å². The van der Waals surface area contributed by atoms with E-state index in [1.54, 1.807) is 12.1 Å². The Balaban J connectivity index is 2.42. The molecule has 0 saturated heterocycles. The van der Waals surface area contributed by atoms with Crippen molar-refractivity contribution < 1.29 is 14.3 Å². The molecule has 1 heterocycles. The van der Waals surface area contributed by atoms with Crippen LogP contribution >= 0.6 is 11.8 Å². The van der Waals surface area contributed by atoms with Crippen molar-refractivity contribution in [3.63, 3.8) is 0 Å². The summed E-state index contributed by atoms with van der Waals surface area (Å²) in [6.45, 7) is 0. The van der Waals surface area contributed by atoms with E-state index >= 15 is 0 Å². The number of carboxylic acids is 1. The SMILES string of the molecule is CSc1ccc(-c2cc(C(=O)O)[nH]n2)c(F)c1. The number of aromatic carboxylic acids is 1. The Labute approximate surface area is 101 Å². The van der Waals surface area contributed by atoms with Crippen molar-refractivity contribution in [2.24, 2.45) is 0 Å². The molecule has 1 aromatic heterocycles. The summed E-state index contributed by atoms with van der Waals surface area (Å²) in [7, 11) is 0. The van der Waals surface area contributed by atoms with Gasteiger partial charge in [-0.05, 0) is 30.5 Å². The maximum atomic E-state index is 13.7. The molecule has 2 aromatic rings. The van der Waals surface area contributed by atoms with Gasteiger partial charge in [0, 0.05) is 10.5 Å². The minimum absolute atomic E-state index is 0.0617. The van der Waals surface area contributed by atoms with E-state index in [2.05, 4.69) is 10.2 Å². The first-order chi connectivity index (χ1) is 8.11. The van der Waals surface area contributed by atoms with E-state index in [4.69, 9.17) is 5.11 Å². The average molecular weight is 252 g/mol. The Bertz CT molecular complexity index is 568. The highest BCUT2D eigenvalue weighted by atomic mass is 32.2. The van der Waals surface area contributed by atoms with Crippen LogP contribution < -0.4 is 0 Å². The molecule has 17 heavy (non-hydrogen) atoms. The number of carbonyl (C=O) groups is 1. The Morgan fingerprint density at radius 3 is 2.76 bits per heavy atom. The summed E-state index contributed by atoms with van der Waals surface area (Å²) in [5.41, 5.74) is 0.507. The van der Waals surface area contributed by atoms with E-state index in [1.165, 1.54) is 23.9 Å².